The first-order chi connectivity index (χ1) is 26.8. The van der Waals surface area contributed by atoms with Crippen LogP contribution in [0.25, 0.3) is 33.0 Å². The number of para-hydroxylation sites is 1. The summed E-state index contributed by atoms with van der Waals surface area (Å²) in [6.45, 7) is 0. The first-order valence-electron chi connectivity index (χ1n) is 18.6. The number of nitrogens with zero attached hydrogens (tertiary/aromatic N) is 1. The van der Waals surface area contributed by atoms with E-state index < -0.39 is 5.41 Å². The Bertz CT molecular complexity index is 2770. The molecular weight excluding hydrogens is 659 g/mol. The van der Waals surface area contributed by atoms with Gasteiger partial charge in [-0.15, -0.1) is 0 Å². The number of nitrogens with one attached hydrogen (secondary N) is 2. The van der Waals surface area contributed by atoms with Crippen LogP contribution < -0.4 is 15.4 Å². The van der Waals surface area contributed by atoms with Crippen molar-refractivity contribution in [2.45, 2.75) is 17.7 Å². The third kappa shape index (κ3) is 4.64. The molecule has 54 heavy (non-hydrogen) atoms. The Labute approximate surface area is 314 Å². The third-order valence-corrected chi connectivity index (χ3v) is 11.4. The van der Waals surface area contributed by atoms with E-state index >= 15 is 0 Å². The van der Waals surface area contributed by atoms with Gasteiger partial charge in [0.25, 0.3) is 0 Å². The van der Waals surface area contributed by atoms with Gasteiger partial charge in [-0.2, -0.15) is 0 Å². The lowest BCUT2D eigenvalue weighted by Crippen LogP contribution is -2.45. The average molecular weight is 694 g/mol. The molecule has 1 aliphatic carbocycles. The van der Waals surface area contributed by atoms with Gasteiger partial charge in [0, 0.05) is 16.7 Å². The molecule has 2 aliphatic heterocycles. The van der Waals surface area contributed by atoms with Gasteiger partial charge in [0.1, 0.15) is 29.7 Å². The lowest BCUT2D eigenvalue weighted by atomic mass is 9.65. The summed E-state index contributed by atoms with van der Waals surface area (Å²) in [6.07, 6.45) is -0.506. The van der Waals surface area contributed by atoms with Crippen LogP contribution in [0.15, 0.2) is 193 Å². The van der Waals surface area contributed by atoms with Crippen LogP contribution in [0.2, 0.25) is 0 Å². The average Bonchev–Trinajstić information content (AvgIpc) is 3.55. The summed E-state index contributed by atoms with van der Waals surface area (Å²) >= 11 is 0. The molecule has 3 aliphatic rings. The fourth-order valence-electron chi connectivity index (χ4n) is 9.04. The minimum atomic E-state index is -0.604. The Kier molecular flexibility index (Phi) is 6.94. The maximum Gasteiger partial charge on any atom is 0.132 e. The zero-order chi connectivity index (χ0) is 35.6. The molecule has 2 heterocycles. The fraction of sp³-hybridized carbons (Fsp3) is 0.0600. The van der Waals surface area contributed by atoms with Gasteiger partial charge in [-0.3, -0.25) is 5.32 Å². The van der Waals surface area contributed by atoms with Crippen LogP contribution in [0.3, 0.4) is 0 Å². The van der Waals surface area contributed by atoms with Crippen molar-refractivity contribution in [2.24, 2.45) is 4.99 Å². The van der Waals surface area contributed by atoms with E-state index in [1.54, 1.807) is 0 Å². The molecule has 3 unspecified atom stereocenters. The monoisotopic (exact) mass is 693 g/mol. The van der Waals surface area contributed by atoms with Crippen molar-refractivity contribution in [1.82, 2.24) is 10.6 Å². The van der Waals surface area contributed by atoms with E-state index in [9.17, 15) is 0 Å². The van der Waals surface area contributed by atoms with E-state index in [-0.39, 0.29) is 12.3 Å². The molecular formula is C50H35N3O. The van der Waals surface area contributed by atoms with Crippen LogP contribution in [0.1, 0.15) is 51.3 Å². The highest BCUT2D eigenvalue weighted by Gasteiger charge is 2.52. The highest BCUT2D eigenvalue weighted by atomic mass is 16.5. The van der Waals surface area contributed by atoms with Crippen molar-refractivity contribution in [1.29, 1.82) is 0 Å². The third-order valence-electron chi connectivity index (χ3n) is 11.4. The van der Waals surface area contributed by atoms with Crippen molar-refractivity contribution < 1.29 is 4.74 Å². The number of hydrogen-bond donors (Lipinski definition) is 2. The second-order valence-corrected chi connectivity index (χ2v) is 14.3. The molecule has 11 rings (SSSR count). The second-order valence-electron chi connectivity index (χ2n) is 14.3. The Morgan fingerprint density at radius 3 is 2.02 bits per heavy atom. The number of amidine groups is 1. The molecule has 0 saturated carbocycles. The second kappa shape index (κ2) is 12.2. The summed E-state index contributed by atoms with van der Waals surface area (Å²) in [6, 6.07) is 67.3. The van der Waals surface area contributed by atoms with Crippen LogP contribution in [-0.4, -0.2) is 5.84 Å². The lowest BCUT2D eigenvalue weighted by molar-refractivity contribution is 0.409. The Morgan fingerprint density at radius 1 is 0.481 bits per heavy atom. The molecule has 8 aromatic rings. The van der Waals surface area contributed by atoms with Crippen molar-refractivity contribution in [2.75, 3.05) is 0 Å². The van der Waals surface area contributed by atoms with Crippen LogP contribution in [0.4, 0.5) is 0 Å². The molecule has 0 bridgehead atoms. The molecule has 8 aromatic carbocycles. The Hall–Kier alpha value is -6.75. The molecule has 2 N–H and O–H groups in total. The lowest BCUT2D eigenvalue weighted by Gasteiger charge is -2.40. The van der Waals surface area contributed by atoms with E-state index in [4.69, 9.17) is 9.73 Å². The summed E-state index contributed by atoms with van der Waals surface area (Å²) in [5.74, 6) is 2.62. The topological polar surface area (TPSA) is 45.6 Å². The summed E-state index contributed by atoms with van der Waals surface area (Å²) in [5.41, 5.74) is 12.3. The van der Waals surface area contributed by atoms with Gasteiger partial charge in [-0.25, -0.2) is 4.99 Å². The zero-order valence-electron chi connectivity index (χ0n) is 29.4. The molecule has 0 fully saturated rings. The Balaban J connectivity index is 1.15. The number of aliphatic imine (C=N–C) groups is 1. The highest BCUT2D eigenvalue weighted by molar-refractivity contribution is 6.00. The van der Waals surface area contributed by atoms with Crippen molar-refractivity contribution in [3.8, 4) is 33.8 Å². The van der Waals surface area contributed by atoms with Gasteiger partial charge < -0.3 is 10.1 Å². The van der Waals surface area contributed by atoms with Crippen LogP contribution in [-0.2, 0) is 5.41 Å². The first-order valence-corrected chi connectivity index (χ1v) is 18.6. The quantitative estimate of drug-likeness (QED) is 0.193. The highest BCUT2D eigenvalue weighted by Crippen LogP contribution is 2.63. The van der Waals surface area contributed by atoms with Gasteiger partial charge in [-0.05, 0) is 79.5 Å². The number of benzene rings is 8. The zero-order valence-corrected chi connectivity index (χ0v) is 29.4. The van der Waals surface area contributed by atoms with Crippen LogP contribution in [0, 0.1) is 0 Å². The van der Waals surface area contributed by atoms with E-state index in [1.807, 2.05) is 0 Å². The van der Waals surface area contributed by atoms with Crippen LogP contribution >= 0.6 is 0 Å². The first kappa shape index (κ1) is 30.8. The molecule has 3 atom stereocenters. The van der Waals surface area contributed by atoms with Crippen molar-refractivity contribution in [3.63, 3.8) is 0 Å². The van der Waals surface area contributed by atoms with Crippen molar-refractivity contribution in [3.05, 3.63) is 227 Å². The summed E-state index contributed by atoms with van der Waals surface area (Å²) < 4.78 is 6.75. The number of fused-ring (bicyclic) bond motifs is 10. The molecule has 0 aromatic heterocycles. The maximum atomic E-state index is 6.75. The minimum Gasteiger partial charge on any atom is -0.457 e. The fourth-order valence-corrected chi connectivity index (χ4v) is 9.04. The predicted octanol–water partition coefficient (Wildman–Crippen LogP) is 11.3. The molecule has 4 nitrogen and oxygen atoms in total. The summed E-state index contributed by atoms with van der Waals surface area (Å²) in [7, 11) is 0. The standard InChI is InChI=1S/C50H35N3O/c1-3-14-32(15-4-1)36-28-29-45-43(31-36)50(41-23-11-12-25-44(41)54-45)40-22-10-9-20-38(40)46-39(21-13-24-42(46)50)49-52-47(34-17-5-2-6-18-34)51-48(53-49)37-27-26-33-16-7-8-19-35(33)30-37/h1-31,48-49,53H,(H,51,52). The number of hydrogen-bond acceptors (Lipinski definition) is 4. The maximum absolute atomic E-state index is 6.75. The van der Waals surface area contributed by atoms with E-state index in [2.05, 4.69) is 199 Å². The molecule has 256 valence electrons. The van der Waals surface area contributed by atoms with E-state index in [1.165, 1.54) is 38.6 Å². The van der Waals surface area contributed by atoms with Gasteiger partial charge in [0.05, 0.1) is 5.41 Å². The summed E-state index contributed by atoms with van der Waals surface area (Å²) in [5, 5.41) is 10.1. The molecule has 0 amide bonds. The normalized spacial score (nSPS) is 19.1. The molecule has 0 radical (unpaired) electrons. The van der Waals surface area contributed by atoms with Gasteiger partial charge in [0.2, 0.25) is 0 Å². The van der Waals surface area contributed by atoms with Gasteiger partial charge in [-0.1, -0.05) is 164 Å². The number of ether oxygens (including phenoxy) is 1. The van der Waals surface area contributed by atoms with Crippen molar-refractivity contribution >= 4 is 16.6 Å². The van der Waals surface area contributed by atoms with E-state index in [0.29, 0.717) is 0 Å². The molecule has 0 saturated heterocycles. The Morgan fingerprint density at radius 2 is 1.17 bits per heavy atom. The smallest absolute Gasteiger partial charge is 0.132 e. The predicted molar refractivity (Wildman–Crippen MR) is 218 cm³/mol. The van der Waals surface area contributed by atoms with Crippen LogP contribution in [0.5, 0.6) is 11.5 Å². The molecule has 1 spiro atoms. The SMILES string of the molecule is c1ccc(C2=NC(c3cccc4c3-c3ccccc3C43c4ccccc4Oc4ccc(-c5ccccc5)cc43)NC(c3ccc4ccccc4c3)N2)cc1. The molecule has 4 heteroatoms. The number of rotatable bonds is 4. The summed E-state index contributed by atoms with van der Waals surface area (Å²) in [4.78, 5) is 5.46. The minimum absolute atomic E-state index is 0.174. The van der Waals surface area contributed by atoms with Gasteiger partial charge in [0.15, 0.2) is 0 Å². The van der Waals surface area contributed by atoms with E-state index in [0.717, 1.165) is 50.7 Å². The van der Waals surface area contributed by atoms with Gasteiger partial charge >= 0.3 is 0 Å². The largest absolute Gasteiger partial charge is 0.457 e.